The first kappa shape index (κ1) is 36.7. The second-order valence-electron chi connectivity index (χ2n) is 16.4. The van der Waals surface area contributed by atoms with Gasteiger partial charge in [-0.25, -0.2) is 0 Å². The Morgan fingerprint density at radius 1 is 0.270 bits per heavy atom. The summed E-state index contributed by atoms with van der Waals surface area (Å²) >= 11 is 0. The van der Waals surface area contributed by atoms with Gasteiger partial charge in [0.2, 0.25) is 0 Å². The van der Waals surface area contributed by atoms with E-state index in [4.69, 9.17) is 0 Å². The van der Waals surface area contributed by atoms with Crippen molar-refractivity contribution in [3.05, 3.63) is 249 Å². The normalized spacial score (nSPS) is 12.3. The van der Waals surface area contributed by atoms with Crippen LogP contribution in [0.2, 0.25) is 0 Å². The Balaban J connectivity index is 1.29. The van der Waals surface area contributed by atoms with Crippen LogP contribution in [0.5, 0.6) is 0 Å². The Morgan fingerprint density at radius 3 is 1.24 bits per heavy atom. The van der Waals surface area contributed by atoms with Crippen molar-refractivity contribution < 1.29 is 0 Å². The number of fused-ring (bicyclic) bond motifs is 4. The van der Waals surface area contributed by atoms with E-state index in [2.05, 4.69) is 259 Å². The molecule has 3 heteroatoms. The lowest BCUT2D eigenvalue weighted by Gasteiger charge is -2.46. The predicted molar refractivity (Wildman–Crippen MR) is 268 cm³/mol. The number of anilines is 6. The van der Waals surface area contributed by atoms with Gasteiger partial charge in [0.1, 0.15) is 0 Å². The number of nitrogens with zero attached hydrogens (tertiary/aromatic N) is 2. The lowest BCUT2D eigenvalue weighted by Crippen LogP contribution is -2.61. The van der Waals surface area contributed by atoms with Crippen molar-refractivity contribution in [3.8, 4) is 55.6 Å². The lowest BCUT2D eigenvalue weighted by atomic mass is 9.33. The van der Waals surface area contributed by atoms with Crippen LogP contribution in [0.15, 0.2) is 249 Å². The molecule has 0 aliphatic carbocycles. The fourth-order valence-electron chi connectivity index (χ4n) is 10.1. The van der Waals surface area contributed by atoms with Gasteiger partial charge in [0.05, 0.1) is 0 Å². The van der Waals surface area contributed by atoms with E-state index in [0.717, 1.165) is 11.4 Å². The fourth-order valence-corrected chi connectivity index (χ4v) is 10.1. The van der Waals surface area contributed by atoms with E-state index < -0.39 is 0 Å². The highest BCUT2D eigenvalue weighted by Gasteiger charge is 2.45. The summed E-state index contributed by atoms with van der Waals surface area (Å²) in [5.41, 5.74) is 22.8. The summed E-state index contributed by atoms with van der Waals surface area (Å²) in [6, 6.07) is 91.3. The molecule has 0 N–H and O–H groups in total. The monoisotopic (exact) mass is 800 g/mol. The van der Waals surface area contributed by atoms with E-state index in [-0.39, 0.29) is 6.71 Å². The average Bonchev–Trinajstić information content (AvgIpc) is 3.37. The molecule has 2 aliphatic rings. The minimum atomic E-state index is -0.108. The van der Waals surface area contributed by atoms with Gasteiger partial charge in [-0.3, -0.25) is 0 Å². The van der Waals surface area contributed by atoms with Gasteiger partial charge in [0.25, 0.3) is 6.71 Å². The maximum atomic E-state index is 2.58. The fraction of sp³-hybridized carbons (Fsp3) is 0. The zero-order valence-electron chi connectivity index (χ0n) is 34.6. The molecule has 0 saturated carbocycles. The summed E-state index contributed by atoms with van der Waals surface area (Å²) in [5.74, 6) is 0. The number of hydrogen-bond acceptors (Lipinski definition) is 2. The number of benzene rings is 10. The summed E-state index contributed by atoms with van der Waals surface area (Å²) in [4.78, 5) is 5.09. The Kier molecular flexibility index (Phi) is 8.97. The summed E-state index contributed by atoms with van der Waals surface area (Å²) in [7, 11) is 0. The SMILES string of the molecule is c1ccc(-c2ccc3c(c2)B2c4cc(-c5ccccc5)c(-c5ccccc5)c(-c5ccccc5)c4N(c4ccccc4)c4cc(-c5ccccc5)cc(c42)N3c2ccccc2)cc1. The van der Waals surface area contributed by atoms with Gasteiger partial charge < -0.3 is 9.80 Å². The maximum absolute atomic E-state index is 2.58. The summed E-state index contributed by atoms with van der Waals surface area (Å²) in [6.45, 7) is -0.108. The molecule has 0 bridgehead atoms. The van der Waals surface area contributed by atoms with E-state index in [1.807, 2.05) is 0 Å². The molecule has 0 fully saturated rings. The molecule has 2 aliphatic heterocycles. The highest BCUT2D eigenvalue weighted by Crippen LogP contribution is 2.52. The summed E-state index contributed by atoms with van der Waals surface area (Å²) in [5, 5.41) is 0. The van der Waals surface area contributed by atoms with Crippen LogP contribution in [-0.2, 0) is 0 Å². The van der Waals surface area contributed by atoms with E-state index in [1.165, 1.54) is 94.8 Å². The molecule has 0 unspecified atom stereocenters. The minimum absolute atomic E-state index is 0.108. The molecule has 0 saturated heterocycles. The van der Waals surface area contributed by atoms with Crippen molar-refractivity contribution in [2.45, 2.75) is 0 Å². The number of rotatable bonds is 7. The van der Waals surface area contributed by atoms with Gasteiger partial charge >= 0.3 is 0 Å². The third kappa shape index (κ3) is 6.20. The summed E-state index contributed by atoms with van der Waals surface area (Å²) < 4.78 is 0. The molecule has 2 nitrogen and oxygen atoms in total. The van der Waals surface area contributed by atoms with Crippen LogP contribution in [0.25, 0.3) is 55.6 Å². The quantitative estimate of drug-likeness (QED) is 0.148. The zero-order chi connectivity index (χ0) is 41.7. The average molecular weight is 801 g/mol. The highest BCUT2D eigenvalue weighted by molar-refractivity contribution is 7.00. The van der Waals surface area contributed by atoms with Gasteiger partial charge in [-0.15, -0.1) is 0 Å². The van der Waals surface area contributed by atoms with Crippen molar-refractivity contribution in [2.75, 3.05) is 9.80 Å². The second-order valence-corrected chi connectivity index (χ2v) is 16.4. The number of para-hydroxylation sites is 2. The largest absolute Gasteiger partial charge is 0.311 e. The number of hydrogen-bond donors (Lipinski definition) is 0. The molecule has 0 spiro atoms. The van der Waals surface area contributed by atoms with Gasteiger partial charge in [-0.1, -0.05) is 206 Å². The standard InChI is InChI=1S/C60H41BN2/c1-8-22-42(23-9-1)47-36-37-54-52(38-47)61-53-41-51(44-26-12-3-13-27-44)57(45-28-14-4-15-29-45)58(46-30-16-5-17-31-46)60(53)63(50-34-20-7-21-35-50)56-40-48(43-24-10-2-11-25-43)39-55(59(56)61)62(54)49-32-18-6-19-33-49/h1-41H. The van der Waals surface area contributed by atoms with Gasteiger partial charge in [-0.05, 0) is 109 Å². The van der Waals surface area contributed by atoms with Crippen molar-refractivity contribution in [3.63, 3.8) is 0 Å². The zero-order valence-corrected chi connectivity index (χ0v) is 34.6. The summed E-state index contributed by atoms with van der Waals surface area (Å²) in [6.07, 6.45) is 0. The van der Waals surface area contributed by atoms with Crippen molar-refractivity contribution in [2.24, 2.45) is 0 Å². The molecule has 10 aromatic carbocycles. The molecule has 294 valence electrons. The van der Waals surface area contributed by atoms with Gasteiger partial charge in [-0.2, -0.15) is 0 Å². The molecule has 2 heterocycles. The first-order chi connectivity index (χ1) is 31.3. The molecule has 0 atom stereocenters. The van der Waals surface area contributed by atoms with E-state index in [0.29, 0.717) is 0 Å². The Bertz CT molecular complexity index is 3250. The Labute approximate surface area is 369 Å². The maximum Gasteiger partial charge on any atom is 0.252 e. The van der Waals surface area contributed by atoms with Crippen LogP contribution in [0.3, 0.4) is 0 Å². The second kappa shape index (κ2) is 15.4. The Morgan fingerprint density at radius 2 is 0.698 bits per heavy atom. The third-order valence-electron chi connectivity index (χ3n) is 12.8. The van der Waals surface area contributed by atoms with Crippen LogP contribution >= 0.6 is 0 Å². The van der Waals surface area contributed by atoms with Crippen molar-refractivity contribution in [1.29, 1.82) is 0 Å². The topological polar surface area (TPSA) is 6.48 Å². The molecule has 0 radical (unpaired) electrons. The van der Waals surface area contributed by atoms with Crippen molar-refractivity contribution >= 4 is 57.2 Å². The Hall–Kier alpha value is -8.14. The van der Waals surface area contributed by atoms with E-state index in [1.54, 1.807) is 0 Å². The van der Waals surface area contributed by atoms with Crippen LogP contribution < -0.4 is 26.2 Å². The van der Waals surface area contributed by atoms with Gasteiger partial charge in [0, 0.05) is 39.7 Å². The molecular formula is C60H41BN2. The minimum Gasteiger partial charge on any atom is -0.311 e. The predicted octanol–water partition coefficient (Wildman–Crippen LogP) is 14.1. The molecule has 0 amide bonds. The van der Waals surface area contributed by atoms with Crippen LogP contribution in [-0.4, -0.2) is 6.71 Å². The molecule has 12 rings (SSSR count). The molecule has 0 aromatic heterocycles. The van der Waals surface area contributed by atoms with Crippen LogP contribution in [0, 0.1) is 0 Å². The lowest BCUT2D eigenvalue weighted by molar-refractivity contribution is 1.25. The van der Waals surface area contributed by atoms with Crippen LogP contribution in [0.4, 0.5) is 34.1 Å². The molecular weight excluding hydrogens is 759 g/mol. The first-order valence-corrected chi connectivity index (χ1v) is 21.8. The smallest absolute Gasteiger partial charge is 0.252 e. The highest BCUT2D eigenvalue weighted by atomic mass is 15.2. The van der Waals surface area contributed by atoms with E-state index >= 15 is 0 Å². The molecule has 10 aromatic rings. The van der Waals surface area contributed by atoms with Crippen molar-refractivity contribution in [1.82, 2.24) is 0 Å². The molecule has 63 heavy (non-hydrogen) atoms. The van der Waals surface area contributed by atoms with Crippen LogP contribution in [0.1, 0.15) is 0 Å². The third-order valence-corrected chi connectivity index (χ3v) is 12.8. The first-order valence-electron chi connectivity index (χ1n) is 21.8. The van der Waals surface area contributed by atoms with Gasteiger partial charge in [0.15, 0.2) is 0 Å². The van der Waals surface area contributed by atoms with E-state index in [9.17, 15) is 0 Å².